The lowest BCUT2D eigenvalue weighted by Gasteiger charge is -2.11. The normalized spacial score (nSPS) is 12.3. The van der Waals surface area contributed by atoms with Crippen LogP contribution in [0.25, 0.3) is 16.9 Å². The lowest BCUT2D eigenvalue weighted by atomic mass is 10.2. The van der Waals surface area contributed by atoms with Crippen molar-refractivity contribution in [2.24, 2.45) is 0 Å². The van der Waals surface area contributed by atoms with Crippen LogP contribution in [-0.4, -0.2) is 37.6 Å². The summed E-state index contributed by atoms with van der Waals surface area (Å²) in [5, 5.41) is 7.93. The van der Waals surface area contributed by atoms with Crippen LogP contribution in [0.2, 0.25) is 0 Å². The van der Waals surface area contributed by atoms with E-state index < -0.39 is 17.6 Å². The second kappa shape index (κ2) is 5.64. The van der Waals surface area contributed by atoms with E-state index in [1.54, 1.807) is 6.92 Å². The Kier molecular flexibility index (Phi) is 3.65. The van der Waals surface area contributed by atoms with Gasteiger partial charge in [-0.1, -0.05) is 17.3 Å². The summed E-state index contributed by atoms with van der Waals surface area (Å²) in [7, 11) is 1.27. The number of rotatable bonds is 3. The van der Waals surface area contributed by atoms with Gasteiger partial charge in [0.1, 0.15) is 12.4 Å². The molecule has 23 heavy (non-hydrogen) atoms. The molecule has 118 valence electrons. The Morgan fingerprint density at radius 1 is 1.35 bits per heavy atom. The molecule has 1 unspecified atom stereocenters. The van der Waals surface area contributed by atoms with Crippen molar-refractivity contribution in [1.29, 1.82) is 0 Å². The van der Waals surface area contributed by atoms with E-state index in [0.717, 1.165) is 11.3 Å². The van der Waals surface area contributed by atoms with E-state index in [-0.39, 0.29) is 5.52 Å². The molecule has 0 radical (unpaired) electrons. The number of aromatic nitrogens is 5. The van der Waals surface area contributed by atoms with Crippen molar-refractivity contribution in [3.05, 3.63) is 46.5 Å². The number of ether oxygens (including phenoxy) is 1. The summed E-state index contributed by atoms with van der Waals surface area (Å²) in [5.41, 5.74) is 1.82. The van der Waals surface area contributed by atoms with Gasteiger partial charge in [0.05, 0.1) is 12.8 Å². The first-order valence-corrected chi connectivity index (χ1v) is 7.00. The van der Waals surface area contributed by atoms with Gasteiger partial charge in [-0.15, -0.1) is 5.10 Å². The second-order valence-electron chi connectivity index (χ2n) is 5.17. The van der Waals surface area contributed by atoms with Crippen molar-refractivity contribution in [3.63, 3.8) is 0 Å². The molecule has 2 aromatic heterocycles. The Morgan fingerprint density at radius 2 is 2.13 bits per heavy atom. The van der Waals surface area contributed by atoms with Crippen LogP contribution in [0, 0.1) is 6.92 Å². The fourth-order valence-corrected chi connectivity index (χ4v) is 2.32. The van der Waals surface area contributed by atoms with Gasteiger partial charge in [0, 0.05) is 0 Å². The molecule has 0 bridgehead atoms. The van der Waals surface area contributed by atoms with Crippen LogP contribution in [0.5, 0.6) is 0 Å². The Balaban J connectivity index is 2.15. The third-order valence-electron chi connectivity index (χ3n) is 3.59. The molecule has 3 rings (SSSR count). The summed E-state index contributed by atoms with van der Waals surface area (Å²) >= 11 is 0. The zero-order valence-electron chi connectivity index (χ0n) is 12.9. The number of aryl methyl sites for hydroxylation is 1. The molecule has 0 N–H and O–H groups in total. The van der Waals surface area contributed by atoms with Crippen molar-refractivity contribution >= 4 is 17.1 Å². The van der Waals surface area contributed by atoms with Gasteiger partial charge in [-0.05, 0) is 31.5 Å². The number of hydrogen-bond acceptors (Lipinski definition) is 6. The minimum Gasteiger partial charge on any atom is -0.467 e. The molecule has 0 fully saturated rings. The summed E-state index contributed by atoms with van der Waals surface area (Å²) in [5.74, 6) is -0.528. The molecule has 0 aliphatic rings. The predicted octanol–water partition coefficient (Wildman–Crippen LogP) is 1.02. The first-order chi connectivity index (χ1) is 11.0. The number of benzene rings is 1. The van der Waals surface area contributed by atoms with Crippen molar-refractivity contribution < 1.29 is 9.53 Å². The van der Waals surface area contributed by atoms with E-state index in [1.807, 2.05) is 31.2 Å². The van der Waals surface area contributed by atoms with Crippen LogP contribution in [0.1, 0.15) is 18.5 Å². The zero-order valence-corrected chi connectivity index (χ0v) is 12.9. The minimum atomic E-state index is -0.784. The van der Waals surface area contributed by atoms with Gasteiger partial charge in [0.2, 0.25) is 0 Å². The molecule has 0 aliphatic carbocycles. The molecule has 0 aliphatic heterocycles. The van der Waals surface area contributed by atoms with E-state index in [4.69, 9.17) is 0 Å². The highest BCUT2D eigenvalue weighted by atomic mass is 16.5. The molecule has 0 saturated carbocycles. The van der Waals surface area contributed by atoms with Crippen molar-refractivity contribution in [3.8, 4) is 5.69 Å². The molecule has 8 heteroatoms. The molecular formula is C15H15N5O3. The summed E-state index contributed by atoms with van der Waals surface area (Å²) in [4.78, 5) is 28.4. The zero-order chi connectivity index (χ0) is 16.6. The van der Waals surface area contributed by atoms with Crippen molar-refractivity contribution in [1.82, 2.24) is 24.5 Å². The molecule has 1 atom stereocenters. The highest BCUT2D eigenvalue weighted by Crippen LogP contribution is 2.14. The Morgan fingerprint density at radius 3 is 2.83 bits per heavy atom. The Hall–Kier alpha value is -3.03. The third-order valence-corrected chi connectivity index (χ3v) is 3.59. The molecule has 3 aromatic rings. The van der Waals surface area contributed by atoms with Gasteiger partial charge >= 0.3 is 5.97 Å². The maximum Gasteiger partial charge on any atom is 0.328 e. The first kappa shape index (κ1) is 14.9. The fourth-order valence-electron chi connectivity index (χ4n) is 2.32. The highest BCUT2D eigenvalue weighted by molar-refractivity contribution is 5.75. The number of carbonyl (C=O) groups is 1. The summed E-state index contributed by atoms with van der Waals surface area (Å²) in [6.45, 7) is 3.52. The van der Waals surface area contributed by atoms with Gasteiger partial charge in [-0.25, -0.2) is 9.78 Å². The third kappa shape index (κ3) is 2.48. The van der Waals surface area contributed by atoms with Crippen molar-refractivity contribution in [2.75, 3.05) is 7.11 Å². The summed E-state index contributed by atoms with van der Waals surface area (Å²) in [6.07, 6.45) is 1.31. The maximum absolute atomic E-state index is 12.5. The number of nitrogens with zero attached hydrogens (tertiary/aromatic N) is 5. The summed E-state index contributed by atoms with van der Waals surface area (Å²) in [6, 6.07) is 6.83. The smallest absolute Gasteiger partial charge is 0.328 e. The molecule has 0 saturated heterocycles. The number of methoxy groups -OCH3 is 1. The van der Waals surface area contributed by atoms with E-state index in [0.29, 0.717) is 5.65 Å². The standard InChI is InChI=1S/C15H15N5O3/c1-9-5-4-6-11(7-9)20-13-12(17-18-20)14(21)19(8-16-13)10(2)15(22)23-3/h4-8,10H,1-3H3. The summed E-state index contributed by atoms with van der Waals surface area (Å²) < 4.78 is 7.33. The van der Waals surface area contributed by atoms with Gasteiger partial charge < -0.3 is 4.74 Å². The highest BCUT2D eigenvalue weighted by Gasteiger charge is 2.20. The second-order valence-corrected chi connectivity index (χ2v) is 5.17. The van der Waals surface area contributed by atoms with E-state index in [9.17, 15) is 9.59 Å². The Labute approximate surface area is 131 Å². The quantitative estimate of drug-likeness (QED) is 0.670. The van der Waals surface area contributed by atoms with Gasteiger partial charge in [0.25, 0.3) is 5.56 Å². The average molecular weight is 313 g/mol. The van der Waals surface area contributed by atoms with Crippen LogP contribution in [0.4, 0.5) is 0 Å². The van der Waals surface area contributed by atoms with Gasteiger partial charge in [0.15, 0.2) is 11.2 Å². The molecule has 0 spiro atoms. The maximum atomic E-state index is 12.5. The van der Waals surface area contributed by atoms with Crippen molar-refractivity contribution in [2.45, 2.75) is 19.9 Å². The minimum absolute atomic E-state index is 0.102. The topological polar surface area (TPSA) is 91.9 Å². The van der Waals surface area contributed by atoms with E-state index >= 15 is 0 Å². The first-order valence-electron chi connectivity index (χ1n) is 7.00. The van der Waals surface area contributed by atoms with Gasteiger partial charge in [-0.2, -0.15) is 4.68 Å². The number of carbonyl (C=O) groups excluding carboxylic acids is 1. The number of esters is 1. The lowest BCUT2D eigenvalue weighted by molar-refractivity contribution is -0.144. The number of fused-ring (bicyclic) bond motifs is 1. The molecule has 1 aromatic carbocycles. The van der Waals surface area contributed by atoms with Crippen LogP contribution < -0.4 is 5.56 Å². The Bertz CT molecular complexity index is 944. The van der Waals surface area contributed by atoms with Gasteiger partial charge in [-0.3, -0.25) is 9.36 Å². The van der Waals surface area contributed by atoms with Crippen LogP contribution in [-0.2, 0) is 9.53 Å². The fraction of sp³-hybridized carbons (Fsp3) is 0.267. The van der Waals surface area contributed by atoms with E-state index in [2.05, 4.69) is 20.0 Å². The largest absolute Gasteiger partial charge is 0.467 e. The SMILES string of the molecule is COC(=O)C(C)n1cnc2c(nnn2-c2cccc(C)c2)c1=O. The predicted molar refractivity (Wildman–Crippen MR) is 82.4 cm³/mol. The molecule has 2 heterocycles. The van der Waals surface area contributed by atoms with Crippen LogP contribution in [0.3, 0.4) is 0 Å². The molecule has 0 amide bonds. The van der Waals surface area contributed by atoms with Crippen LogP contribution >= 0.6 is 0 Å². The average Bonchev–Trinajstić information content (AvgIpc) is 2.99. The van der Waals surface area contributed by atoms with E-state index in [1.165, 1.54) is 22.7 Å². The molecule has 8 nitrogen and oxygen atoms in total. The molecular weight excluding hydrogens is 298 g/mol. The number of hydrogen-bond donors (Lipinski definition) is 0. The monoisotopic (exact) mass is 313 g/mol. The lowest BCUT2D eigenvalue weighted by Crippen LogP contribution is -2.29. The van der Waals surface area contributed by atoms with Crippen LogP contribution in [0.15, 0.2) is 35.4 Å².